The number of nitrogens with zero attached hydrogens (tertiary/aromatic N) is 6. The van der Waals surface area contributed by atoms with Crippen LogP contribution in [0.5, 0.6) is 57.5 Å². The molecule has 21 heteroatoms. The van der Waals surface area contributed by atoms with Crippen LogP contribution in [0.3, 0.4) is 0 Å². The molecule has 4 aromatic carbocycles. The van der Waals surface area contributed by atoms with Crippen molar-refractivity contribution >= 4 is 17.8 Å². The number of hydrogen-bond donors (Lipinski definition) is 2. The van der Waals surface area contributed by atoms with Crippen molar-refractivity contribution in [2.45, 2.75) is 62.3 Å². The molecule has 4 amide bonds. The summed E-state index contributed by atoms with van der Waals surface area (Å²) in [5, 5.41) is 22.9. The van der Waals surface area contributed by atoms with Gasteiger partial charge in [-0.3, -0.25) is 19.4 Å². The van der Waals surface area contributed by atoms with E-state index in [0.29, 0.717) is 108 Å². The van der Waals surface area contributed by atoms with E-state index in [4.69, 9.17) is 47.4 Å². The first-order chi connectivity index (χ1) is 35.9. The highest BCUT2D eigenvalue weighted by atomic mass is 16.7. The summed E-state index contributed by atoms with van der Waals surface area (Å²) in [5.74, 6) is 4.32. The van der Waals surface area contributed by atoms with Gasteiger partial charge in [-0.2, -0.15) is 0 Å². The summed E-state index contributed by atoms with van der Waals surface area (Å²) < 4.78 is 56.8. The van der Waals surface area contributed by atoms with Crippen molar-refractivity contribution in [3.8, 4) is 57.5 Å². The van der Waals surface area contributed by atoms with Gasteiger partial charge in [-0.1, -0.05) is 12.1 Å². The summed E-state index contributed by atoms with van der Waals surface area (Å²) in [5.41, 5.74) is 2.39. The number of aliphatic hydroxyl groups is 2. The Bertz CT molecular complexity index is 2560. The van der Waals surface area contributed by atoms with Gasteiger partial charge in [-0.15, -0.1) is 0 Å². The third-order valence-corrected chi connectivity index (χ3v) is 15.1. The van der Waals surface area contributed by atoms with E-state index in [2.05, 4.69) is 9.80 Å². The zero-order valence-electron chi connectivity index (χ0n) is 42.5. The van der Waals surface area contributed by atoms with E-state index in [1.807, 2.05) is 34.1 Å². The summed E-state index contributed by atoms with van der Waals surface area (Å²) in [4.78, 5) is 56.8. The summed E-state index contributed by atoms with van der Waals surface area (Å²) in [6.07, 6.45) is -1.29. The molecule has 396 valence electrons. The third-order valence-electron chi connectivity index (χ3n) is 15.1. The Kier molecular flexibility index (Phi) is 14.6. The maximum Gasteiger partial charge on any atom is 0.320 e. The molecule has 0 bridgehead atoms. The standard InChI is InChI=1S/C53H64N6O15/c1-65-43-13-9-33(47(67-3)49(43)69-5)23-54-15-17-56(39(27-54)37-21-35(60)25-58(37)51(62)31-7-11-41-45(19-31)73-29-71-41)53(64)57-18-16-55(24-34-10-14-44(66-2)50(70-6)48(34)68-4)28-40(57)38-22-36(61)26-59(38)52(63)32-8-12-42-46(20-32)74-30-72-42/h7-14,19-20,35-40,60-61H,15-18,21-30H2,1-6H3/t35-,36?,37+,38?,39?,40?/m1/s1. The fourth-order valence-corrected chi connectivity index (χ4v) is 11.7. The predicted octanol–water partition coefficient (Wildman–Crippen LogP) is 3.54. The lowest BCUT2D eigenvalue weighted by Gasteiger charge is -2.51. The Hall–Kier alpha value is -7.07. The summed E-state index contributed by atoms with van der Waals surface area (Å²) >= 11 is 0. The Balaban J connectivity index is 1.00. The highest BCUT2D eigenvalue weighted by molar-refractivity contribution is 5.96. The van der Waals surface area contributed by atoms with E-state index >= 15 is 4.79 Å². The number of hydrogen-bond acceptors (Lipinski definition) is 17. The number of ether oxygens (including phenoxy) is 10. The van der Waals surface area contributed by atoms with E-state index in [1.165, 1.54) is 0 Å². The molecule has 74 heavy (non-hydrogen) atoms. The number of likely N-dealkylation sites (tertiary alicyclic amines) is 2. The lowest BCUT2D eigenvalue weighted by Crippen LogP contribution is -2.68. The molecular weight excluding hydrogens is 961 g/mol. The number of amides is 4. The minimum atomic E-state index is -0.864. The number of piperazine rings is 2. The van der Waals surface area contributed by atoms with Gasteiger partial charge in [0.25, 0.3) is 11.8 Å². The summed E-state index contributed by atoms with van der Waals surface area (Å²) in [6, 6.07) is 14.8. The maximum absolute atomic E-state index is 16.0. The van der Waals surface area contributed by atoms with Crippen LogP contribution in [0.2, 0.25) is 0 Å². The summed E-state index contributed by atoms with van der Waals surface area (Å²) in [7, 11) is 9.39. The highest BCUT2D eigenvalue weighted by Gasteiger charge is 2.50. The molecule has 21 nitrogen and oxygen atoms in total. The molecule has 0 aromatic heterocycles. The van der Waals surface area contributed by atoms with E-state index in [-0.39, 0.29) is 70.5 Å². The number of aliphatic hydroxyl groups excluding tert-OH is 2. The van der Waals surface area contributed by atoms with Crippen LogP contribution >= 0.6 is 0 Å². The van der Waals surface area contributed by atoms with Gasteiger partial charge in [0.05, 0.1) is 79.0 Å². The van der Waals surface area contributed by atoms with Crippen molar-refractivity contribution in [2.24, 2.45) is 0 Å². The van der Waals surface area contributed by atoms with Gasteiger partial charge in [-0.05, 0) is 61.4 Å². The van der Waals surface area contributed by atoms with Crippen LogP contribution < -0.4 is 47.4 Å². The van der Waals surface area contributed by atoms with Crippen molar-refractivity contribution < 1.29 is 72.0 Å². The van der Waals surface area contributed by atoms with Crippen LogP contribution in [0.4, 0.5) is 4.79 Å². The second-order valence-electron chi connectivity index (χ2n) is 19.2. The molecule has 4 aromatic rings. The topological polar surface area (TPSA) is 203 Å². The van der Waals surface area contributed by atoms with Crippen LogP contribution in [0.25, 0.3) is 0 Å². The Morgan fingerprint density at radius 3 is 1.27 bits per heavy atom. The van der Waals surface area contributed by atoms with Gasteiger partial charge in [-0.25, -0.2) is 4.79 Å². The Morgan fingerprint density at radius 2 is 0.878 bits per heavy atom. The van der Waals surface area contributed by atoms with Gasteiger partial charge in [0.15, 0.2) is 46.0 Å². The average Bonchev–Trinajstić information content (AvgIpc) is 4.26. The molecule has 6 aliphatic heterocycles. The van der Waals surface area contributed by atoms with E-state index in [0.717, 1.165) is 11.1 Å². The largest absolute Gasteiger partial charge is 0.493 e. The van der Waals surface area contributed by atoms with Gasteiger partial charge in [0.1, 0.15) is 0 Å². The molecular formula is C53H64N6O15. The minimum Gasteiger partial charge on any atom is -0.493 e. The summed E-state index contributed by atoms with van der Waals surface area (Å²) in [6.45, 7) is 3.09. The first-order valence-electron chi connectivity index (χ1n) is 24.8. The maximum atomic E-state index is 16.0. The fraction of sp³-hybridized carbons (Fsp3) is 0.491. The van der Waals surface area contributed by atoms with Crippen molar-refractivity contribution in [3.05, 3.63) is 82.9 Å². The molecule has 6 aliphatic rings. The molecule has 0 spiro atoms. The number of methoxy groups -OCH3 is 6. The van der Waals surface area contributed by atoms with Crippen LogP contribution in [0, 0.1) is 0 Å². The second kappa shape index (κ2) is 21.4. The molecule has 0 saturated carbocycles. The molecule has 6 heterocycles. The van der Waals surface area contributed by atoms with Crippen LogP contribution in [-0.4, -0.2) is 202 Å². The normalized spacial score (nSPS) is 23.5. The van der Waals surface area contributed by atoms with E-state index < -0.39 is 36.4 Å². The number of fused-ring (bicyclic) bond motifs is 2. The minimum absolute atomic E-state index is 0.0433. The van der Waals surface area contributed by atoms with E-state index in [9.17, 15) is 19.8 Å². The number of β-amino-alcohol motifs (C(OH)–C–C–N with tert-alkyl or cyclic N) is 2. The molecule has 4 saturated heterocycles. The molecule has 6 atom stereocenters. The number of carbonyl (C=O) groups excluding carboxylic acids is 3. The van der Waals surface area contributed by atoms with Crippen molar-refractivity contribution in [1.82, 2.24) is 29.4 Å². The number of benzene rings is 4. The fourth-order valence-electron chi connectivity index (χ4n) is 11.7. The average molecular weight is 1030 g/mol. The SMILES string of the molecule is COc1ccc(CN2CCN(C(=O)N3CCN(Cc4ccc(OC)c(OC)c4OC)CC3[C@@H]3C[C@@H](O)CN3C(=O)c3ccc4c(c3)OCO4)C(C3CC(O)CN3C(=O)c3ccc4c(c3)OCO4)C2)c(OC)c1OC. The van der Waals surface area contributed by atoms with Crippen LogP contribution in [0.1, 0.15) is 44.7 Å². The highest BCUT2D eigenvalue weighted by Crippen LogP contribution is 2.43. The first kappa shape index (κ1) is 50.5. The second-order valence-corrected chi connectivity index (χ2v) is 19.2. The molecule has 0 aliphatic carbocycles. The van der Waals surface area contributed by atoms with Crippen molar-refractivity contribution in [1.29, 1.82) is 0 Å². The van der Waals surface area contributed by atoms with Gasteiger partial charge in [0, 0.05) is 87.7 Å². The monoisotopic (exact) mass is 1020 g/mol. The zero-order valence-corrected chi connectivity index (χ0v) is 42.5. The lowest BCUT2D eigenvalue weighted by atomic mass is 9.97. The van der Waals surface area contributed by atoms with Gasteiger partial charge < -0.3 is 77.2 Å². The van der Waals surface area contributed by atoms with E-state index in [1.54, 1.807) is 88.9 Å². The number of carbonyl (C=O) groups is 3. The first-order valence-corrected chi connectivity index (χ1v) is 24.8. The quantitative estimate of drug-likeness (QED) is 0.186. The van der Waals surface area contributed by atoms with Crippen molar-refractivity contribution in [2.75, 3.05) is 109 Å². The molecule has 0 radical (unpaired) electrons. The Labute approximate surface area is 429 Å². The molecule has 4 fully saturated rings. The van der Waals surface area contributed by atoms with Crippen molar-refractivity contribution in [3.63, 3.8) is 0 Å². The van der Waals surface area contributed by atoms with Crippen LogP contribution in [-0.2, 0) is 13.1 Å². The number of rotatable bonds is 14. The molecule has 2 N–H and O–H groups in total. The smallest absolute Gasteiger partial charge is 0.320 e. The molecule has 4 unspecified atom stereocenters. The molecule has 10 rings (SSSR count). The number of urea groups is 1. The van der Waals surface area contributed by atoms with Gasteiger partial charge >= 0.3 is 6.03 Å². The van der Waals surface area contributed by atoms with Gasteiger partial charge in [0.2, 0.25) is 25.1 Å². The third kappa shape index (κ3) is 9.52. The Morgan fingerprint density at radius 1 is 0.473 bits per heavy atom. The predicted molar refractivity (Wildman–Crippen MR) is 265 cm³/mol. The lowest BCUT2D eigenvalue weighted by molar-refractivity contribution is 0.00212. The zero-order chi connectivity index (χ0) is 51.8. The van der Waals surface area contributed by atoms with Crippen LogP contribution in [0.15, 0.2) is 60.7 Å².